The maximum Gasteiger partial charge on any atom is 0.500 e. The van der Waals surface area contributed by atoms with Gasteiger partial charge in [0.15, 0.2) is 0 Å². The molecule has 136 valence electrons. The molecule has 2 N–H and O–H groups in total. The fraction of sp³-hybridized carbons (Fsp3) is 0.562. The van der Waals surface area contributed by atoms with Gasteiger partial charge in [0.25, 0.3) is 0 Å². The van der Waals surface area contributed by atoms with Gasteiger partial charge in [-0.15, -0.1) is 0 Å². The standard InChI is InChI=1S/C16H28N2O5Si/c1-20-15-6-7-16(19)14(12-15)13-18-10-9-17-8-5-11-24(21-2,22-3)23-4/h6-7,12-13,17,19H,5,8-11H2,1-4H3. The Morgan fingerprint density at radius 3 is 2.46 bits per heavy atom. The minimum atomic E-state index is -2.46. The quantitative estimate of drug-likeness (QED) is 0.337. The second kappa shape index (κ2) is 11.2. The van der Waals surface area contributed by atoms with E-state index >= 15 is 0 Å². The van der Waals surface area contributed by atoms with Gasteiger partial charge >= 0.3 is 8.80 Å². The fourth-order valence-electron chi connectivity index (χ4n) is 2.18. The van der Waals surface area contributed by atoms with E-state index in [-0.39, 0.29) is 5.75 Å². The Labute approximate surface area is 145 Å². The summed E-state index contributed by atoms with van der Waals surface area (Å²) in [5.74, 6) is 0.877. The van der Waals surface area contributed by atoms with Crippen LogP contribution in [0.25, 0.3) is 0 Å². The number of phenolic OH excluding ortho intramolecular Hbond substituents is 1. The average Bonchev–Trinajstić information content (AvgIpc) is 2.62. The van der Waals surface area contributed by atoms with Crippen LogP contribution in [-0.4, -0.2) is 68.2 Å². The number of phenols is 1. The summed E-state index contributed by atoms with van der Waals surface area (Å²) in [5.41, 5.74) is 0.644. The van der Waals surface area contributed by atoms with Crippen molar-refractivity contribution < 1.29 is 23.1 Å². The summed E-state index contributed by atoms with van der Waals surface area (Å²) in [5, 5.41) is 13.1. The monoisotopic (exact) mass is 356 g/mol. The number of benzene rings is 1. The number of ether oxygens (including phenoxy) is 1. The Hall–Kier alpha value is -1.45. The zero-order valence-electron chi connectivity index (χ0n) is 14.9. The van der Waals surface area contributed by atoms with E-state index < -0.39 is 8.80 Å². The first-order valence-electron chi connectivity index (χ1n) is 7.83. The lowest BCUT2D eigenvalue weighted by molar-refractivity contribution is 0.123. The van der Waals surface area contributed by atoms with E-state index in [0.717, 1.165) is 25.6 Å². The van der Waals surface area contributed by atoms with Crippen molar-refractivity contribution in [1.29, 1.82) is 0 Å². The molecule has 0 fully saturated rings. The predicted octanol–water partition coefficient (Wildman–Crippen LogP) is 1.68. The third-order valence-corrected chi connectivity index (χ3v) is 6.48. The van der Waals surface area contributed by atoms with Gasteiger partial charge in [0.05, 0.1) is 13.7 Å². The fourth-order valence-corrected chi connectivity index (χ4v) is 3.90. The molecule has 0 heterocycles. The molecule has 0 amide bonds. The molecule has 1 aromatic carbocycles. The minimum Gasteiger partial charge on any atom is -0.507 e. The van der Waals surface area contributed by atoms with Crippen molar-refractivity contribution >= 4 is 15.0 Å². The first kappa shape index (κ1) is 20.6. The van der Waals surface area contributed by atoms with Crippen LogP contribution in [0, 0.1) is 0 Å². The Balaban J connectivity index is 2.25. The molecule has 0 aromatic heterocycles. The molecule has 0 aliphatic heterocycles. The summed E-state index contributed by atoms with van der Waals surface area (Å²) < 4.78 is 21.2. The number of hydrogen-bond donors (Lipinski definition) is 2. The van der Waals surface area contributed by atoms with Crippen LogP contribution >= 0.6 is 0 Å². The van der Waals surface area contributed by atoms with E-state index in [1.165, 1.54) is 0 Å². The van der Waals surface area contributed by atoms with Gasteiger partial charge in [0.1, 0.15) is 11.5 Å². The SMILES string of the molecule is COc1ccc(O)c(C=NCCNCCC[Si](OC)(OC)OC)c1. The molecule has 1 aromatic rings. The van der Waals surface area contributed by atoms with Gasteiger partial charge in [-0.2, -0.15) is 0 Å². The molecule has 7 nitrogen and oxygen atoms in total. The van der Waals surface area contributed by atoms with E-state index in [1.54, 1.807) is 52.9 Å². The summed E-state index contributed by atoms with van der Waals surface area (Å²) in [4.78, 5) is 4.30. The van der Waals surface area contributed by atoms with Crippen LogP contribution in [0.4, 0.5) is 0 Å². The predicted molar refractivity (Wildman–Crippen MR) is 96.2 cm³/mol. The average molecular weight is 356 g/mol. The maximum atomic E-state index is 9.76. The summed E-state index contributed by atoms with van der Waals surface area (Å²) in [6.07, 6.45) is 2.56. The van der Waals surface area contributed by atoms with Crippen LogP contribution in [0.15, 0.2) is 23.2 Å². The molecule has 0 unspecified atom stereocenters. The van der Waals surface area contributed by atoms with Crippen LogP contribution in [0.1, 0.15) is 12.0 Å². The first-order chi connectivity index (χ1) is 11.6. The smallest absolute Gasteiger partial charge is 0.500 e. The third kappa shape index (κ3) is 6.58. The largest absolute Gasteiger partial charge is 0.507 e. The lowest BCUT2D eigenvalue weighted by Gasteiger charge is -2.24. The number of nitrogens with zero attached hydrogens (tertiary/aromatic N) is 1. The molecule has 0 radical (unpaired) electrons. The molecule has 0 saturated carbocycles. The van der Waals surface area contributed by atoms with Crippen LogP contribution in [0.3, 0.4) is 0 Å². The summed E-state index contributed by atoms with van der Waals surface area (Å²) in [6, 6.07) is 5.81. The zero-order chi connectivity index (χ0) is 17.8. The van der Waals surface area contributed by atoms with E-state index in [9.17, 15) is 5.11 Å². The molecule has 8 heteroatoms. The molecular formula is C16H28N2O5Si. The Bertz CT molecular complexity index is 501. The minimum absolute atomic E-state index is 0.188. The van der Waals surface area contributed by atoms with Gasteiger partial charge in [0, 0.05) is 45.7 Å². The molecule has 0 atom stereocenters. The highest BCUT2D eigenvalue weighted by Crippen LogP contribution is 2.21. The number of nitrogens with one attached hydrogen (secondary N) is 1. The van der Waals surface area contributed by atoms with E-state index in [2.05, 4.69) is 10.3 Å². The first-order valence-corrected chi connectivity index (χ1v) is 9.77. The molecule has 1 rings (SSSR count). The summed E-state index contributed by atoms with van der Waals surface area (Å²) >= 11 is 0. The molecule has 0 spiro atoms. The number of aromatic hydroxyl groups is 1. The van der Waals surface area contributed by atoms with E-state index in [4.69, 9.17) is 18.0 Å². The summed E-state index contributed by atoms with van der Waals surface area (Å²) in [7, 11) is 3.99. The van der Waals surface area contributed by atoms with Gasteiger partial charge < -0.3 is 28.4 Å². The molecule has 0 aliphatic rings. The number of methoxy groups -OCH3 is 1. The van der Waals surface area contributed by atoms with Gasteiger partial charge in [0.2, 0.25) is 0 Å². The van der Waals surface area contributed by atoms with Crippen molar-refractivity contribution in [3.8, 4) is 11.5 Å². The normalized spacial score (nSPS) is 12.0. The highest BCUT2D eigenvalue weighted by atomic mass is 28.4. The molecular weight excluding hydrogens is 328 g/mol. The van der Waals surface area contributed by atoms with E-state index in [0.29, 0.717) is 17.9 Å². The van der Waals surface area contributed by atoms with Crippen molar-refractivity contribution in [3.63, 3.8) is 0 Å². The lowest BCUT2D eigenvalue weighted by atomic mass is 10.2. The topological polar surface area (TPSA) is 81.5 Å². The molecule has 0 bridgehead atoms. The van der Waals surface area contributed by atoms with Crippen LogP contribution < -0.4 is 10.1 Å². The Morgan fingerprint density at radius 1 is 1.12 bits per heavy atom. The second-order valence-electron chi connectivity index (χ2n) is 5.11. The van der Waals surface area contributed by atoms with Crippen LogP contribution in [0.2, 0.25) is 6.04 Å². The maximum absolute atomic E-state index is 9.76. The molecule has 0 saturated heterocycles. The zero-order valence-corrected chi connectivity index (χ0v) is 15.9. The van der Waals surface area contributed by atoms with E-state index in [1.807, 2.05) is 0 Å². The lowest BCUT2D eigenvalue weighted by Crippen LogP contribution is -2.43. The highest BCUT2D eigenvalue weighted by molar-refractivity contribution is 6.60. The number of hydrogen-bond acceptors (Lipinski definition) is 7. The Kier molecular flexibility index (Phi) is 9.58. The van der Waals surface area contributed by atoms with Gasteiger partial charge in [-0.05, 0) is 31.2 Å². The van der Waals surface area contributed by atoms with Crippen molar-refractivity contribution in [2.45, 2.75) is 12.5 Å². The van der Waals surface area contributed by atoms with Crippen molar-refractivity contribution in [2.24, 2.45) is 4.99 Å². The van der Waals surface area contributed by atoms with Crippen molar-refractivity contribution in [2.75, 3.05) is 48.1 Å². The number of aliphatic imine (C=N–C) groups is 1. The van der Waals surface area contributed by atoms with Gasteiger partial charge in [-0.3, -0.25) is 4.99 Å². The van der Waals surface area contributed by atoms with Crippen LogP contribution in [0.5, 0.6) is 11.5 Å². The van der Waals surface area contributed by atoms with Crippen molar-refractivity contribution in [1.82, 2.24) is 5.32 Å². The van der Waals surface area contributed by atoms with Gasteiger partial charge in [-0.25, -0.2) is 0 Å². The second-order valence-corrected chi connectivity index (χ2v) is 8.20. The van der Waals surface area contributed by atoms with Crippen LogP contribution in [-0.2, 0) is 13.3 Å². The molecule has 24 heavy (non-hydrogen) atoms. The highest BCUT2D eigenvalue weighted by Gasteiger charge is 2.36. The number of rotatable bonds is 12. The van der Waals surface area contributed by atoms with Crippen molar-refractivity contribution in [3.05, 3.63) is 23.8 Å². The third-order valence-electron chi connectivity index (χ3n) is 3.65. The molecule has 0 aliphatic carbocycles. The Morgan fingerprint density at radius 2 is 1.83 bits per heavy atom. The summed E-state index contributed by atoms with van der Waals surface area (Å²) in [6.45, 7) is 2.21. The van der Waals surface area contributed by atoms with Gasteiger partial charge in [-0.1, -0.05) is 0 Å².